The van der Waals surface area contributed by atoms with Crippen LogP contribution >= 0.6 is 22.6 Å². The number of hydrogen-bond acceptors (Lipinski definition) is 2. The van der Waals surface area contributed by atoms with E-state index in [2.05, 4.69) is 54.3 Å². The molecule has 0 amide bonds. The normalized spacial score (nSPS) is 16.3. The summed E-state index contributed by atoms with van der Waals surface area (Å²) >= 11 is 2.27. The highest BCUT2D eigenvalue weighted by Gasteiger charge is 2.22. The van der Waals surface area contributed by atoms with Crippen LogP contribution in [-0.4, -0.2) is 12.2 Å². The molecule has 1 aromatic carbocycles. The number of hydrogen-bond donors (Lipinski definition) is 0. The van der Waals surface area contributed by atoms with Gasteiger partial charge in [0.25, 0.3) is 0 Å². The van der Waals surface area contributed by atoms with Gasteiger partial charge in [0.2, 0.25) is 0 Å². The third-order valence-electron chi connectivity index (χ3n) is 2.67. The molecule has 1 aromatic rings. The lowest BCUT2D eigenvalue weighted by Gasteiger charge is -2.31. The van der Waals surface area contributed by atoms with Gasteiger partial charge in [0.05, 0.1) is 18.5 Å². The van der Waals surface area contributed by atoms with Gasteiger partial charge < -0.3 is 0 Å². The van der Waals surface area contributed by atoms with E-state index < -0.39 is 0 Å². The van der Waals surface area contributed by atoms with Crippen LogP contribution in [0.4, 0.5) is 0 Å². The highest BCUT2D eigenvalue weighted by Crippen LogP contribution is 2.36. The molecule has 0 saturated heterocycles. The van der Waals surface area contributed by atoms with E-state index in [9.17, 15) is 0 Å². The molecule has 1 aliphatic heterocycles. The Labute approximate surface area is 115 Å². The van der Waals surface area contributed by atoms with Crippen LogP contribution in [0.3, 0.4) is 0 Å². The summed E-state index contributed by atoms with van der Waals surface area (Å²) in [4.78, 5) is 5.44. The predicted octanol–water partition coefficient (Wildman–Crippen LogP) is 4.13. The van der Waals surface area contributed by atoms with E-state index in [4.69, 9.17) is 4.84 Å². The second-order valence-electron chi connectivity index (χ2n) is 3.81. The van der Waals surface area contributed by atoms with Crippen molar-refractivity contribution >= 4 is 28.3 Å². The molecule has 0 aliphatic carbocycles. The standard InChI is InChI=1S/C14H14INO/c1-10-9-13(15)11(2)16(17-3)14(10)12-7-5-4-6-8-12/h4-9H,2H2,1,3H3. The second kappa shape index (κ2) is 5.06. The minimum absolute atomic E-state index is 0.873. The first-order valence-corrected chi connectivity index (χ1v) is 6.40. The van der Waals surface area contributed by atoms with Gasteiger partial charge in [0.15, 0.2) is 0 Å². The van der Waals surface area contributed by atoms with Gasteiger partial charge in [-0.25, -0.2) is 5.06 Å². The maximum atomic E-state index is 5.44. The van der Waals surface area contributed by atoms with E-state index >= 15 is 0 Å². The van der Waals surface area contributed by atoms with E-state index in [1.165, 1.54) is 5.57 Å². The molecule has 1 aliphatic rings. The zero-order valence-corrected chi connectivity index (χ0v) is 12.1. The van der Waals surface area contributed by atoms with Crippen molar-refractivity contribution in [3.05, 3.63) is 63.4 Å². The van der Waals surface area contributed by atoms with Crippen LogP contribution in [0, 0.1) is 0 Å². The molecular formula is C14H14INO. The Bertz CT molecular complexity index is 502. The maximum absolute atomic E-state index is 5.44. The van der Waals surface area contributed by atoms with Crippen molar-refractivity contribution in [3.63, 3.8) is 0 Å². The zero-order chi connectivity index (χ0) is 12.4. The van der Waals surface area contributed by atoms with Gasteiger partial charge in [-0.15, -0.1) is 0 Å². The largest absolute Gasteiger partial charge is 0.272 e. The van der Waals surface area contributed by atoms with Crippen molar-refractivity contribution in [3.8, 4) is 0 Å². The lowest BCUT2D eigenvalue weighted by Crippen LogP contribution is -2.23. The first-order chi connectivity index (χ1) is 8.15. The third kappa shape index (κ3) is 2.30. The summed E-state index contributed by atoms with van der Waals surface area (Å²) < 4.78 is 1.10. The molecule has 0 saturated carbocycles. The van der Waals surface area contributed by atoms with E-state index in [1.807, 2.05) is 18.2 Å². The van der Waals surface area contributed by atoms with Crippen molar-refractivity contribution in [1.29, 1.82) is 0 Å². The fraction of sp³-hybridized carbons (Fsp3) is 0.143. The number of halogens is 1. The summed E-state index contributed by atoms with van der Waals surface area (Å²) in [5.41, 5.74) is 4.24. The van der Waals surface area contributed by atoms with E-state index in [1.54, 1.807) is 12.2 Å². The number of allylic oxidation sites excluding steroid dienone is 3. The van der Waals surface area contributed by atoms with Gasteiger partial charge in [-0.05, 0) is 41.2 Å². The van der Waals surface area contributed by atoms with E-state index in [-0.39, 0.29) is 0 Å². The molecule has 0 unspecified atom stereocenters. The number of hydroxylamine groups is 2. The molecule has 2 rings (SSSR count). The quantitative estimate of drug-likeness (QED) is 0.752. The van der Waals surface area contributed by atoms with Crippen molar-refractivity contribution in [2.24, 2.45) is 0 Å². The number of rotatable bonds is 2. The van der Waals surface area contributed by atoms with Crippen LogP contribution in [0.25, 0.3) is 5.70 Å². The van der Waals surface area contributed by atoms with Crippen molar-refractivity contribution in [2.45, 2.75) is 6.92 Å². The Morgan fingerprint density at radius 2 is 1.88 bits per heavy atom. The van der Waals surface area contributed by atoms with Crippen LogP contribution in [0.15, 0.2) is 57.8 Å². The van der Waals surface area contributed by atoms with Crippen LogP contribution in [0.1, 0.15) is 12.5 Å². The molecule has 0 atom stereocenters. The zero-order valence-electron chi connectivity index (χ0n) is 9.90. The van der Waals surface area contributed by atoms with Crippen LogP contribution in [-0.2, 0) is 4.84 Å². The van der Waals surface area contributed by atoms with Gasteiger partial charge in [-0.1, -0.05) is 36.9 Å². The van der Waals surface area contributed by atoms with Gasteiger partial charge in [-0.2, -0.15) is 0 Å². The predicted molar refractivity (Wildman–Crippen MR) is 79.1 cm³/mol. The molecular weight excluding hydrogens is 325 g/mol. The Hall–Kier alpha value is -1.07. The number of benzene rings is 1. The van der Waals surface area contributed by atoms with Gasteiger partial charge in [0, 0.05) is 9.14 Å². The third-order valence-corrected chi connectivity index (χ3v) is 3.60. The van der Waals surface area contributed by atoms with E-state index in [0.717, 1.165) is 20.5 Å². The molecule has 1 heterocycles. The Morgan fingerprint density at radius 1 is 1.24 bits per heavy atom. The summed E-state index contributed by atoms with van der Waals surface area (Å²) in [6, 6.07) is 10.2. The summed E-state index contributed by atoms with van der Waals surface area (Å²) in [7, 11) is 1.66. The second-order valence-corrected chi connectivity index (χ2v) is 4.98. The van der Waals surface area contributed by atoms with Crippen LogP contribution < -0.4 is 0 Å². The summed E-state index contributed by atoms with van der Waals surface area (Å²) in [5.74, 6) is 0. The molecule has 88 valence electrons. The topological polar surface area (TPSA) is 12.5 Å². The maximum Gasteiger partial charge on any atom is 0.0797 e. The Morgan fingerprint density at radius 3 is 2.47 bits per heavy atom. The number of nitrogens with zero attached hydrogens (tertiary/aromatic N) is 1. The molecule has 0 aromatic heterocycles. The fourth-order valence-corrected chi connectivity index (χ4v) is 2.56. The SMILES string of the molecule is C=C1C(I)=CC(C)=C(c2ccccc2)N1OC. The molecule has 2 nitrogen and oxygen atoms in total. The first kappa shape index (κ1) is 12.4. The average Bonchev–Trinajstić information content (AvgIpc) is 2.34. The van der Waals surface area contributed by atoms with Gasteiger partial charge in [-0.3, -0.25) is 4.84 Å². The lowest BCUT2D eigenvalue weighted by atomic mass is 10.0. The molecule has 0 bridgehead atoms. The summed E-state index contributed by atoms with van der Waals surface area (Å²) in [6.07, 6.45) is 2.13. The minimum Gasteiger partial charge on any atom is -0.272 e. The van der Waals surface area contributed by atoms with Crippen LogP contribution in [0.5, 0.6) is 0 Å². The fourth-order valence-electron chi connectivity index (χ4n) is 1.88. The van der Waals surface area contributed by atoms with Gasteiger partial charge >= 0.3 is 0 Å². The lowest BCUT2D eigenvalue weighted by molar-refractivity contribution is -0.0420. The smallest absolute Gasteiger partial charge is 0.0797 e. The Kier molecular flexibility index (Phi) is 3.69. The van der Waals surface area contributed by atoms with Crippen LogP contribution in [0.2, 0.25) is 0 Å². The summed E-state index contributed by atoms with van der Waals surface area (Å²) in [5, 5.41) is 1.78. The average molecular weight is 339 g/mol. The highest BCUT2D eigenvalue weighted by molar-refractivity contribution is 14.1. The summed E-state index contributed by atoms with van der Waals surface area (Å²) in [6.45, 7) is 6.13. The molecule has 17 heavy (non-hydrogen) atoms. The first-order valence-electron chi connectivity index (χ1n) is 5.32. The molecule has 3 heteroatoms. The Balaban J connectivity index is 2.56. The van der Waals surface area contributed by atoms with Crippen molar-refractivity contribution in [2.75, 3.05) is 7.11 Å². The molecule has 0 spiro atoms. The van der Waals surface area contributed by atoms with Crippen molar-refractivity contribution in [1.82, 2.24) is 5.06 Å². The molecule has 0 N–H and O–H groups in total. The van der Waals surface area contributed by atoms with Gasteiger partial charge in [0.1, 0.15) is 0 Å². The molecule has 0 fully saturated rings. The minimum atomic E-state index is 0.873. The van der Waals surface area contributed by atoms with E-state index in [0.29, 0.717) is 0 Å². The highest BCUT2D eigenvalue weighted by atomic mass is 127. The monoisotopic (exact) mass is 339 g/mol. The van der Waals surface area contributed by atoms with Crippen molar-refractivity contribution < 1.29 is 4.84 Å². The molecule has 0 radical (unpaired) electrons.